The molecule has 0 amide bonds. The summed E-state index contributed by atoms with van der Waals surface area (Å²) in [6.07, 6.45) is 3.93. The number of nitrogens with one attached hydrogen (secondary N) is 3. The summed E-state index contributed by atoms with van der Waals surface area (Å²) in [7, 11) is 0. The average Bonchev–Trinajstić information content (AvgIpc) is 3.09. The fraction of sp³-hybridized carbons (Fsp3) is 0.444. The molecule has 0 bridgehead atoms. The molecule has 1 aromatic heterocycles. The minimum absolute atomic E-state index is 0. The fourth-order valence-corrected chi connectivity index (χ4v) is 2.92. The highest BCUT2D eigenvalue weighted by Gasteiger charge is 2.09. The highest BCUT2D eigenvalue weighted by atomic mass is 127. The molecule has 0 saturated carbocycles. The number of H-pyrrole nitrogens is 1. The molecule has 2 aromatic rings. The molecule has 0 radical (unpaired) electrons. The summed E-state index contributed by atoms with van der Waals surface area (Å²) < 4.78 is 1.14. The third-order valence-electron chi connectivity index (χ3n) is 3.86. The smallest absolute Gasteiger partial charge is 0.191 e. The maximum absolute atomic E-state index is 4.60. The zero-order valence-electron chi connectivity index (χ0n) is 14.8. The zero-order valence-corrected chi connectivity index (χ0v) is 18.7. The predicted molar refractivity (Wildman–Crippen MR) is 118 cm³/mol. The van der Waals surface area contributed by atoms with Crippen molar-refractivity contribution in [2.24, 2.45) is 10.9 Å². The number of guanidine groups is 1. The molecular formula is C18H27BrIN5. The molecule has 25 heavy (non-hydrogen) atoms. The molecule has 7 heteroatoms. The van der Waals surface area contributed by atoms with Gasteiger partial charge in [-0.25, -0.2) is 4.99 Å². The Balaban J connectivity index is 0.00000312. The van der Waals surface area contributed by atoms with Crippen LogP contribution in [0.5, 0.6) is 0 Å². The van der Waals surface area contributed by atoms with Gasteiger partial charge in [-0.2, -0.15) is 5.10 Å². The largest absolute Gasteiger partial charge is 0.357 e. The first kappa shape index (κ1) is 22.0. The van der Waals surface area contributed by atoms with Crippen molar-refractivity contribution in [3.63, 3.8) is 0 Å². The van der Waals surface area contributed by atoms with E-state index in [-0.39, 0.29) is 24.0 Å². The minimum Gasteiger partial charge on any atom is -0.357 e. The number of hydrogen-bond donors (Lipinski definition) is 3. The van der Waals surface area contributed by atoms with E-state index in [0.29, 0.717) is 12.5 Å². The van der Waals surface area contributed by atoms with E-state index >= 15 is 0 Å². The van der Waals surface area contributed by atoms with Crippen LogP contribution in [-0.2, 0) is 13.0 Å². The molecule has 0 fully saturated rings. The second-order valence-corrected chi connectivity index (χ2v) is 6.68. The number of aromatic amines is 1. The molecule has 0 saturated heterocycles. The van der Waals surface area contributed by atoms with Crippen LogP contribution in [0.25, 0.3) is 0 Å². The van der Waals surface area contributed by atoms with Gasteiger partial charge in [-0.05, 0) is 43.0 Å². The average molecular weight is 520 g/mol. The third-order valence-corrected chi connectivity index (χ3v) is 4.35. The number of benzene rings is 1. The van der Waals surface area contributed by atoms with Crippen LogP contribution in [0.2, 0.25) is 0 Å². The van der Waals surface area contributed by atoms with Gasteiger partial charge < -0.3 is 10.6 Å². The highest BCUT2D eigenvalue weighted by molar-refractivity contribution is 14.0. The van der Waals surface area contributed by atoms with Gasteiger partial charge in [-0.3, -0.25) is 5.10 Å². The number of halogens is 2. The Labute approximate surface area is 175 Å². The van der Waals surface area contributed by atoms with Crippen molar-refractivity contribution in [1.82, 2.24) is 20.8 Å². The Morgan fingerprint density at radius 3 is 2.76 bits per heavy atom. The van der Waals surface area contributed by atoms with Gasteiger partial charge in [0.15, 0.2) is 5.96 Å². The zero-order chi connectivity index (χ0) is 17.2. The van der Waals surface area contributed by atoms with Gasteiger partial charge in [0, 0.05) is 23.8 Å². The molecule has 1 atom stereocenters. The molecule has 0 aliphatic heterocycles. The SMILES string of the molecule is CCNC(=NCc1ccn[nH]1)NCC(CC)Cc1cccc(Br)c1.I. The van der Waals surface area contributed by atoms with Crippen LogP contribution < -0.4 is 10.6 Å². The molecular weight excluding hydrogens is 493 g/mol. The maximum Gasteiger partial charge on any atom is 0.191 e. The third kappa shape index (κ3) is 8.22. The van der Waals surface area contributed by atoms with Crippen LogP contribution in [0.4, 0.5) is 0 Å². The monoisotopic (exact) mass is 519 g/mol. The maximum atomic E-state index is 4.60. The number of aliphatic imine (C=N–C) groups is 1. The second kappa shape index (κ2) is 12.3. The van der Waals surface area contributed by atoms with Crippen molar-refractivity contribution < 1.29 is 0 Å². The lowest BCUT2D eigenvalue weighted by molar-refractivity contribution is 0.493. The standard InChI is InChI=1S/C18H26BrN5.HI/c1-3-14(10-15-6-5-7-16(19)11-15)12-21-18(20-4-2)22-13-17-8-9-23-24-17;/h5-9,11,14H,3-4,10,12-13H2,1-2H3,(H,23,24)(H2,20,21,22);1H. The topological polar surface area (TPSA) is 65.1 Å². The predicted octanol–water partition coefficient (Wildman–Crippen LogP) is 4.11. The van der Waals surface area contributed by atoms with E-state index in [2.05, 4.69) is 79.9 Å². The van der Waals surface area contributed by atoms with Crippen LogP contribution in [0, 0.1) is 5.92 Å². The van der Waals surface area contributed by atoms with Gasteiger partial charge in [0.1, 0.15) is 0 Å². The van der Waals surface area contributed by atoms with Gasteiger partial charge in [0.25, 0.3) is 0 Å². The number of aromatic nitrogens is 2. The first-order chi connectivity index (χ1) is 11.7. The summed E-state index contributed by atoms with van der Waals surface area (Å²) in [6, 6.07) is 10.5. The lowest BCUT2D eigenvalue weighted by atomic mass is 9.97. The molecule has 1 aromatic carbocycles. The van der Waals surface area contributed by atoms with Gasteiger partial charge >= 0.3 is 0 Å². The molecule has 0 aliphatic carbocycles. The molecule has 1 unspecified atom stereocenters. The first-order valence-electron chi connectivity index (χ1n) is 8.46. The summed E-state index contributed by atoms with van der Waals surface area (Å²) in [5, 5.41) is 13.6. The van der Waals surface area contributed by atoms with E-state index in [4.69, 9.17) is 0 Å². The lowest BCUT2D eigenvalue weighted by Crippen LogP contribution is -2.40. The van der Waals surface area contributed by atoms with E-state index in [0.717, 1.165) is 42.1 Å². The van der Waals surface area contributed by atoms with E-state index < -0.39 is 0 Å². The molecule has 1 heterocycles. The van der Waals surface area contributed by atoms with Crippen molar-refractivity contribution >= 4 is 45.9 Å². The Kier molecular flexibility index (Phi) is 10.8. The Morgan fingerprint density at radius 2 is 2.12 bits per heavy atom. The number of nitrogens with zero attached hydrogens (tertiary/aromatic N) is 2. The normalized spacial score (nSPS) is 12.4. The lowest BCUT2D eigenvalue weighted by Gasteiger charge is -2.18. The summed E-state index contributed by atoms with van der Waals surface area (Å²) >= 11 is 3.54. The number of rotatable bonds is 8. The van der Waals surface area contributed by atoms with E-state index in [1.807, 2.05) is 6.07 Å². The van der Waals surface area contributed by atoms with Gasteiger partial charge in [-0.1, -0.05) is 41.4 Å². The minimum atomic E-state index is 0. The van der Waals surface area contributed by atoms with Crippen molar-refractivity contribution in [2.45, 2.75) is 33.2 Å². The van der Waals surface area contributed by atoms with Crippen molar-refractivity contribution in [3.05, 3.63) is 52.3 Å². The van der Waals surface area contributed by atoms with Crippen LogP contribution in [0.15, 0.2) is 46.0 Å². The van der Waals surface area contributed by atoms with Crippen LogP contribution in [-0.4, -0.2) is 29.2 Å². The highest BCUT2D eigenvalue weighted by Crippen LogP contribution is 2.16. The quantitative estimate of drug-likeness (QED) is 0.279. The molecule has 2 rings (SSSR count). The second-order valence-electron chi connectivity index (χ2n) is 5.77. The first-order valence-corrected chi connectivity index (χ1v) is 9.25. The van der Waals surface area contributed by atoms with E-state index in [1.54, 1.807) is 6.20 Å². The van der Waals surface area contributed by atoms with Crippen molar-refractivity contribution in [3.8, 4) is 0 Å². The van der Waals surface area contributed by atoms with Crippen LogP contribution >= 0.6 is 39.9 Å². The molecule has 138 valence electrons. The van der Waals surface area contributed by atoms with Crippen molar-refractivity contribution in [2.75, 3.05) is 13.1 Å². The van der Waals surface area contributed by atoms with Gasteiger partial charge in [-0.15, -0.1) is 24.0 Å². The van der Waals surface area contributed by atoms with E-state index in [1.165, 1.54) is 5.56 Å². The molecule has 3 N–H and O–H groups in total. The summed E-state index contributed by atoms with van der Waals surface area (Å²) in [4.78, 5) is 4.60. The van der Waals surface area contributed by atoms with Crippen molar-refractivity contribution in [1.29, 1.82) is 0 Å². The summed E-state index contributed by atoms with van der Waals surface area (Å²) in [5.74, 6) is 1.41. The number of hydrogen-bond acceptors (Lipinski definition) is 2. The molecule has 0 aliphatic rings. The Bertz CT molecular complexity index is 630. The molecule has 5 nitrogen and oxygen atoms in total. The van der Waals surface area contributed by atoms with Gasteiger partial charge in [0.05, 0.1) is 12.2 Å². The Hall–Kier alpha value is -1.09. The van der Waals surface area contributed by atoms with Crippen LogP contribution in [0.1, 0.15) is 31.5 Å². The molecule has 0 spiro atoms. The Morgan fingerprint density at radius 1 is 1.28 bits per heavy atom. The van der Waals surface area contributed by atoms with Crippen LogP contribution in [0.3, 0.4) is 0 Å². The van der Waals surface area contributed by atoms with Gasteiger partial charge in [0.2, 0.25) is 0 Å². The summed E-state index contributed by atoms with van der Waals surface area (Å²) in [5.41, 5.74) is 2.37. The summed E-state index contributed by atoms with van der Waals surface area (Å²) in [6.45, 7) is 6.65. The van der Waals surface area contributed by atoms with E-state index in [9.17, 15) is 0 Å². The fourth-order valence-electron chi connectivity index (χ4n) is 2.48.